The maximum absolute atomic E-state index is 6.08. The van der Waals surface area contributed by atoms with Crippen molar-refractivity contribution in [1.29, 1.82) is 0 Å². The Labute approximate surface area is 103 Å². The molecule has 0 aliphatic carbocycles. The SMILES string of the molecule is Cc1cnn(CCN2C3CCC2CC(N)C3)c1. The van der Waals surface area contributed by atoms with Crippen LogP contribution in [0.15, 0.2) is 12.4 Å². The van der Waals surface area contributed by atoms with Crippen molar-refractivity contribution in [2.75, 3.05) is 6.54 Å². The first-order valence-corrected chi connectivity index (χ1v) is 6.73. The molecule has 0 radical (unpaired) electrons. The van der Waals surface area contributed by atoms with Gasteiger partial charge < -0.3 is 5.73 Å². The van der Waals surface area contributed by atoms with E-state index in [-0.39, 0.29) is 0 Å². The Morgan fingerprint density at radius 3 is 2.59 bits per heavy atom. The third kappa shape index (κ3) is 2.24. The zero-order valence-corrected chi connectivity index (χ0v) is 10.5. The lowest BCUT2D eigenvalue weighted by Crippen LogP contribution is -2.48. The molecular weight excluding hydrogens is 212 g/mol. The molecule has 94 valence electrons. The third-order valence-electron chi connectivity index (χ3n) is 4.27. The Hall–Kier alpha value is -0.870. The molecule has 0 saturated carbocycles. The van der Waals surface area contributed by atoms with E-state index in [1.54, 1.807) is 0 Å². The van der Waals surface area contributed by atoms with Gasteiger partial charge in [0.1, 0.15) is 0 Å². The fourth-order valence-corrected chi connectivity index (χ4v) is 3.49. The van der Waals surface area contributed by atoms with E-state index in [4.69, 9.17) is 5.73 Å². The second-order valence-electron chi connectivity index (χ2n) is 5.64. The number of nitrogens with zero attached hydrogens (tertiary/aromatic N) is 3. The highest BCUT2D eigenvalue weighted by Crippen LogP contribution is 2.34. The van der Waals surface area contributed by atoms with Crippen molar-refractivity contribution in [3.63, 3.8) is 0 Å². The molecular formula is C13H22N4. The molecule has 0 spiro atoms. The van der Waals surface area contributed by atoms with Gasteiger partial charge in [0.2, 0.25) is 0 Å². The van der Waals surface area contributed by atoms with Crippen molar-refractivity contribution < 1.29 is 0 Å². The molecule has 3 rings (SSSR count). The fourth-order valence-electron chi connectivity index (χ4n) is 3.49. The number of aromatic nitrogens is 2. The molecule has 2 aliphatic heterocycles. The Kier molecular flexibility index (Phi) is 2.92. The Balaban J connectivity index is 1.59. The third-order valence-corrected chi connectivity index (χ3v) is 4.27. The van der Waals surface area contributed by atoms with E-state index in [0.29, 0.717) is 6.04 Å². The minimum atomic E-state index is 0.440. The van der Waals surface area contributed by atoms with Gasteiger partial charge in [-0.15, -0.1) is 0 Å². The number of hydrogen-bond donors (Lipinski definition) is 1. The number of fused-ring (bicyclic) bond motifs is 2. The van der Waals surface area contributed by atoms with E-state index >= 15 is 0 Å². The molecule has 1 aromatic heterocycles. The molecule has 2 unspecified atom stereocenters. The zero-order chi connectivity index (χ0) is 11.8. The van der Waals surface area contributed by atoms with Crippen LogP contribution in [0.4, 0.5) is 0 Å². The van der Waals surface area contributed by atoms with E-state index in [1.165, 1.54) is 31.2 Å². The predicted octanol–water partition coefficient (Wildman–Crippen LogP) is 1.15. The summed E-state index contributed by atoms with van der Waals surface area (Å²) in [6.07, 6.45) is 9.12. The number of nitrogens with two attached hydrogens (primary N) is 1. The lowest BCUT2D eigenvalue weighted by Gasteiger charge is -2.37. The van der Waals surface area contributed by atoms with E-state index in [2.05, 4.69) is 27.8 Å². The summed E-state index contributed by atoms with van der Waals surface area (Å²) in [6.45, 7) is 4.23. The van der Waals surface area contributed by atoms with Crippen molar-refractivity contribution in [1.82, 2.24) is 14.7 Å². The summed E-state index contributed by atoms with van der Waals surface area (Å²) in [5, 5.41) is 4.35. The van der Waals surface area contributed by atoms with Gasteiger partial charge in [0.15, 0.2) is 0 Å². The van der Waals surface area contributed by atoms with Crippen molar-refractivity contribution in [2.45, 2.75) is 57.3 Å². The first-order chi connectivity index (χ1) is 8.22. The second kappa shape index (κ2) is 4.42. The van der Waals surface area contributed by atoms with Crippen LogP contribution in [0.25, 0.3) is 0 Å². The molecule has 3 heterocycles. The average molecular weight is 234 g/mol. The van der Waals surface area contributed by atoms with Crippen molar-refractivity contribution >= 4 is 0 Å². The minimum absolute atomic E-state index is 0.440. The molecule has 2 aliphatic rings. The van der Waals surface area contributed by atoms with Crippen LogP contribution in [0.1, 0.15) is 31.2 Å². The molecule has 0 amide bonds. The van der Waals surface area contributed by atoms with Crippen LogP contribution in [-0.4, -0.2) is 39.4 Å². The van der Waals surface area contributed by atoms with Gasteiger partial charge in [-0.3, -0.25) is 9.58 Å². The topological polar surface area (TPSA) is 47.1 Å². The van der Waals surface area contributed by atoms with E-state index < -0.39 is 0 Å². The lowest BCUT2D eigenvalue weighted by atomic mass is 9.98. The zero-order valence-electron chi connectivity index (χ0n) is 10.5. The highest BCUT2D eigenvalue weighted by atomic mass is 15.3. The largest absolute Gasteiger partial charge is 0.328 e. The molecule has 2 fully saturated rings. The molecule has 1 aromatic rings. The summed E-state index contributed by atoms with van der Waals surface area (Å²) in [5.41, 5.74) is 7.33. The summed E-state index contributed by atoms with van der Waals surface area (Å²) >= 11 is 0. The molecule has 4 nitrogen and oxygen atoms in total. The molecule has 2 N–H and O–H groups in total. The summed E-state index contributed by atoms with van der Waals surface area (Å²) in [4.78, 5) is 2.67. The molecule has 2 atom stereocenters. The van der Waals surface area contributed by atoms with Gasteiger partial charge >= 0.3 is 0 Å². The number of hydrogen-bond acceptors (Lipinski definition) is 3. The number of aryl methyl sites for hydroxylation is 1. The summed E-state index contributed by atoms with van der Waals surface area (Å²) < 4.78 is 2.06. The Bertz CT molecular complexity index is 373. The van der Waals surface area contributed by atoms with Crippen molar-refractivity contribution in [2.24, 2.45) is 5.73 Å². The number of rotatable bonds is 3. The summed E-state index contributed by atoms with van der Waals surface area (Å²) in [7, 11) is 0. The van der Waals surface area contributed by atoms with Crippen molar-refractivity contribution in [3.05, 3.63) is 18.0 Å². The van der Waals surface area contributed by atoms with Crippen LogP contribution in [0.2, 0.25) is 0 Å². The smallest absolute Gasteiger partial charge is 0.0536 e. The molecule has 4 heteroatoms. The van der Waals surface area contributed by atoms with Gasteiger partial charge in [-0.1, -0.05) is 0 Å². The molecule has 17 heavy (non-hydrogen) atoms. The van der Waals surface area contributed by atoms with Crippen LogP contribution >= 0.6 is 0 Å². The van der Waals surface area contributed by atoms with Gasteiger partial charge in [0.05, 0.1) is 12.7 Å². The Morgan fingerprint density at radius 1 is 1.29 bits per heavy atom. The van der Waals surface area contributed by atoms with Gasteiger partial charge in [-0.25, -0.2) is 0 Å². The van der Waals surface area contributed by atoms with E-state index in [0.717, 1.165) is 25.2 Å². The van der Waals surface area contributed by atoms with Crippen LogP contribution in [0.5, 0.6) is 0 Å². The highest BCUT2D eigenvalue weighted by Gasteiger charge is 2.38. The average Bonchev–Trinajstić information content (AvgIpc) is 2.79. The van der Waals surface area contributed by atoms with Crippen molar-refractivity contribution in [3.8, 4) is 0 Å². The molecule has 0 aromatic carbocycles. The second-order valence-corrected chi connectivity index (χ2v) is 5.64. The maximum atomic E-state index is 6.08. The normalized spacial score (nSPS) is 33.2. The van der Waals surface area contributed by atoms with Gasteiger partial charge in [0, 0.05) is 30.9 Å². The van der Waals surface area contributed by atoms with Gasteiger partial charge in [-0.2, -0.15) is 5.10 Å². The first-order valence-electron chi connectivity index (χ1n) is 6.73. The number of piperidine rings is 1. The van der Waals surface area contributed by atoms with E-state index in [1.807, 2.05) is 6.20 Å². The van der Waals surface area contributed by atoms with Gasteiger partial charge in [-0.05, 0) is 38.2 Å². The van der Waals surface area contributed by atoms with Crippen LogP contribution in [0.3, 0.4) is 0 Å². The summed E-state index contributed by atoms with van der Waals surface area (Å²) in [6, 6.07) is 1.91. The first kappa shape index (κ1) is 11.2. The fraction of sp³-hybridized carbons (Fsp3) is 0.769. The highest BCUT2D eigenvalue weighted by molar-refractivity contribution is 5.00. The lowest BCUT2D eigenvalue weighted by molar-refractivity contribution is 0.121. The monoisotopic (exact) mass is 234 g/mol. The maximum Gasteiger partial charge on any atom is 0.0536 e. The predicted molar refractivity (Wildman–Crippen MR) is 67.7 cm³/mol. The standard InChI is InChI=1S/C13H22N4/c1-10-8-15-16(9-10)4-5-17-12-2-3-13(17)7-11(14)6-12/h8-9,11-13H,2-7,14H2,1H3. The quantitative estimate of drug-likeness (QED) is 0.853. The summed E-state index contributed by atoms with van der Waals surface area (Å²) in [5.74, 6) is 0. The van der Waals surface area contributed by atoms with Crippen LogP contribution in [0, 0.1) is 6.92 Å². The van der Waals surface area contributed by atoms with Crippen LogP contribution < -0.4 is 5.73 Å². The van der Waals surface area contributed by atoms with E-state index in [9.17, 15) is 0 Å². The molecule has 2 saturated heterocycles. The molecule has 2 bridgehead atoms. The van der Waals surface area contributed by atoms with Gasteiger partial charge in [0.25, 0.3) is 0 Å². The minimum Gasteiger partial charge on any atom is -0.328 e. The van der Waals surface area contributed by atoms with Crippen LogP contribution in [-0.2, 0) is 6.54 Å². The Morgan fingerprint density at radius 2 is 2.00 bits per heavy atom.